The molecule has 16 heteroatoms. The van der Waals surface area contributed by atoms with Crippen molar-refractivity contribution in [2.45, 2.75) is 44.2 Å². The van der Waals surface area contributed by atoms with Crippen LogP contribution in [-0.4, -0.2) is 108 Å². The van der Waals surface area contributed by atoms with Crippen LogP contribution in [0.15, 0.2) is 35.3 Å². The molecule has 2 aliphatic heterocycles. The maximum atomic E-state index is 13.7. The number of nitrogens with one attached hydrogen (secondary N) is 1. The molecule has 4 heterocycles. The fraction of sp³-hybridized carbons (Fsp3) is 0.462. The van der Waals surface area contributed by atoms with Crippen molar-refractivity contribution >= 4 is 23.0 Å². The van der Waals surface area contributed by atoms with Crippen LogP contribution in [0.5, 0.6) is 11.6 Å². The largest absolute Gasteiger partial charge is 0.484 e. The normalized spacial score (nSPS) is 16.7. The number of rotatable bonds is 9. The molecule has 1 aromatic carbocycles. The van der Waals surface area contributed by atoms with E-state index in [9.17, 15) is 18.8 Å². The first-order valence-electron chi connectivity index (χ1n) is 13.2. The van der Waals surface area contributed by atoms with E-state index in [4.69, 9.17) is 29.9 Å². The van der Waals surface area contributed by atoms with Crippen LogP contribution in [0.1, 0.15) is 18.5 Å². The van der Waals surface area contributed by atoms with E-state index in [1.807, 2.05) is 6.07 Å². The highest BCUT2D eigenvalue weighted by Crippen LogP contribution is 2.26. The number of aromatic nitrogens is 4. The summed E-state index contributed by atoms with van der Waals surface area (Å²) in [7, 11) is 0. The summed E-state index contributed by atoms with van der Waals surface area (Å²) < 4.78 is 26.3. The lowest BCUT2D eigenvalue weighted by atomic mass is 10.0. The standard InChI is InChI=1S/C22H25FN6O3.C4H6O6/c23-15-1-2-18-19(11-15)29(21(30)14-25-18)8-7-28-5-3-16(4-6-28)24-13-17-12-20-22(27-26-17)32-10-9-31-20;5-1(3(7)8)2(6)4(9)10/h1-2,11-12,14,16,24H,3-10,13H2;1-2,5-6H,(H,7,8)(H,9,10). The third-order valence-corrected chi connectivity index (χ3v) is 6.77. The first kappa shape index (κ1) is 30.7. The van der Waals surface area contributed by atoms with E-state index in [1.165, 1.54) is 18.3 Å². The predicted octanol–water partition coefficient (Wildman–Crippen LogP) is -0.772. The van der Waals surface area contributed by atoms with Gasteiger partial charge in [0.05, 0.1) is 22.9 Å². The van der Waals surface area contributed by atoms with Gasteiger partial charge in [-0.15, -0.1) is 5.10 Å². The summed E-state index contributed by atoms with van der Waals surface area (Å²) >= 11 is 0. The van der Waals surface area contributed by atoms with Gasteiger partial charge in [-0.3, -0.25) is 4.79 Å². The van der Waals surface area contributed by atoms with E-state index in [1.54, 1.807) is 10.6 Å². The third kappa shape index (κ3) is 7.94. The summed E-state index contributed by atoms with van der Waals surface area (Å²) in [5.74, 6) is -2.80. The van der Waals surface area contributed by atoms with Crippen LogP contribution in [0.25, 0.3) is 11.0 Å². The summed E-state index contributed by atoms with van der Waals surface area (Å²) in [6, 6.07) is 6.60. The summed E-state index contributed by atoms with van der Waals surface area (Å²) in [6.07, 6.45) is -1.23. The third-order valence-electron chi connectivity index (χ3n) is 6.77. The van der Waals surface area contributed by atoms with Crippen molar-refractivity contribution in [3.63, 3.8) is 0 Å². The number of nitrogens with zero attached hydrogens (tertiary/aromatic N) is 5. The van der Waals surface area contributed by atoms with Crippen LogP contribution in [0.2, 0.25) is 0 Å². The number of hydrogen-bond donors (Lipinski definition) is 5. The molecule has 0 amide bonds. The molecule has 0 saturated carbocycles. The van der Waals surface area contributed by atoms with Gasteiger partial charge >= 0.3 is 11.9 Å². The average molecular weight is 591 g/mol. The highest BCUT2D eigenvalue weighted by atomic mass is 19.1. The van der Waals surface area contributed by atoms with Crippen molar-refractivity contribution in [3.05, 3.63) is 52.3 Å². The lowest BCUT2D eigenvalue weighted by molar-refractivity contribution is -0.165. The highest BCUT2D eigenvalue weighted by Gasteiger charge is 2.29. The average Bonchev–Trinajstić information content (AvgIpc) is 2.99. The van der Waals surface area contributed by atoms with Crippen LogP contribution in [0.4, 0.5) is 4.39 Å². The number of aliphatic hydroxyl groups is 2. The number of aliphatic hydroxyl groups excluding tert-OH is 2. The molecule has 2 aliphatic rings. The van der Waals surface area contributed by atoms with Crippen LogP contribution in [0, 0.1) is 5.82 Å². The second-order valence-corrected chi connectivity index (χ2v) is 9.65. The number of likely N-dealkylation sites (tertiary alicyclic amines) is 1. The number of carboxylic acids is 2. The van der Waals surface area contributed by atoms with Gasteiger partial charge in [-0.2, -0.15) is 5.10 Å². The molecule has 0 aliphatic carbocycles. The number of halogens is 1. The predicted molar refractivity (Wildman–Crippen MR) is 143 cm³/mol. The molecule has 0 bridgehead atoms. The smallest absolute Gasteiger partial charge is 0.335 e. The number of aliphatic carboxylic acids is 2. The molecule has 0 radical (unpaired) electrons. The number of carboxylic acid groups (broad SMARTS) is 2. The molecular weight excluding hydrogens is 559 g/mol. The molecule has 5 rings (SSSR count). The number of piperidine rings is 1. The van der Waals surface area contributed by atoms with E-state index >= 15 is 0 Å². The summed E-state index contributed by atoms with van der Waals surface area (Å²) in [6.45, 7) is 4.74. The van der Waals surface area contributed by atoms with E-state index < -0.39 is 24.1 Å². The van der Waals surface area contributed by atoms with E-state index in [0.29, 0.717) is 55.0 Å². The lowest BCUT2D eigenvalue weighted by Gasteiger charge is -2.32. The zero-order valence-corrected chi connectivity index (χ0v) is 22.4. The molecule has 42 heavy (non-hydrogen) atoms. The quantitative estimate of drug-likeness (QED) is 0.207. The molecule has 226 valence electrons. The molecule has 2 atom stereocenters. The Morgan fingerprint density at radius 1 is 1.02 bits per heavy atom. The van der Waals surface area contributed by atoms with Crippen molar-refractivity contribution in [1.29, 1.82) is 0 Å². The summed E-state index contributed by atoms with van der Waals surface area (Å²) in [5, 5.41) is 44.4. The van der Waals surface area contributed by atoms with Gasteiger partial charge in [0.25, 0.3) is 11.4 Å². The van der Waals surface area contributed by atoms with Crippen molar-refractivity contribution in [2.75, 3.05) is 32.8 Å². The summed E-state index contributed by atoms with van der Waals surface area (Å²) in [4.78, 5) is 38.3. The van der Waals surface area contributed by atoms with E-state index in [0.717, 1.165) is 38.2 Å². The zero-order chi connectivity index (χ0) is 30.2. The number of ether oxygens (including phenoxy) is 2. The number of carbonyl (C=O) groups is 2. The van der Waals surface area contributed by atoms with Gasteiger partial charge in [0.1, 0.15) is 19.0 Å². The van der Waals surface area contributed by atoms with Crippen molar-refractivity contribution in [3.8, 4) is 11.6 Å². The van der Waals surface area contributed by atoms with Gasteiger partial charge in [-0.1, -0.05) is 0 Å². The van der Waals surface area contributed by atoms with Crippen LogP contribution in [-0.2, 0) is 22.7 Å². The van der Waals surface area contributed by atoms with Crippen LogP contribution >= 0.6 is 0 Å². The number of hydrogen-bond acceptors (Lipinski definition) is 12. The van der Waals surface area contributed by atoms with Gasteiger partial charge in [-0.25, -0.2) is 19.0 Å². The minimum atomic E-state index is -2.27. The Balaban J connectivity index is 0.000000349. The number of benzene rings is 1. The Bertz CT molecular complexity index is 1450. The minimum Gasteiger partial charge on any atom is -0.484 e. The molecule has 1 saturated heterocycles. The second-order valence-electron chi connectivity index (χ2n) is 9.65. The molecule has 2 aromatic heterocycles. The Morgan fingerprint density at radius 3 is 2.40 bits per heavy atom. The van der Waals surface area contributed by atoms with Gasteiger partial charge in [0, 0.05) is 31.7 Å². The fourth-order valence-electron chi connectivity index (χ4n) is 4.47. The van der Waals surface area contributed by atoms with Crippen LogP contribution in [0.3, 0.4) is 0 Å². The van der Waals surface area contributed by atoms with Gasteiger partial charge in [0.2, 0.25) is 0 Å². The highest BCUT2D eigenvalue weighted by molar-refractivity contribution is 5.83. The fourth-order valence-corrected chi connectivity index (χ4v) is 4.47. The molecule has 3 aromatic rings. The van der Waals surface area contributed by atoms with Crippen molar-refractivity contribution < 1.29 is 43.9 Å². The Kier molecular flexibility index (Phi) is 10.3. The lowest BCUT2D eigenvalue weighted by Crippen LogP contribution is -2.43. The SMILES string of the molecule is O=C(O)C(O)C(O)C(=O)O.O=c1cnc2ccc(F)cc2n1CCN1CCC(NCc2cc3c(nn2)OCCO3)CC1. The topological polar surface area (TPSA) is 209 Å². The molecule has 0 spiro atoms. The molecule has 1 fully saturated rings. The van der Waals surface area contributed by atoms with Crippen molar-refractivity contribution in [2.24, 2.45) is 0 Å². The minimum absolute atomic E-state index is 0.208. The van der Waals surface area contributed by atoms with Gasteiger partial charge < -0.3 is 44.7 Å². The van der Waals surface area contributed by atoms with Gasteiger partial charge in [0.15, 0.2) is 18.0 Å². The Labute approximate surface area is 238 Å². The van der Waals surface area contributed by atoms with E-state index in [-0.39, 0.29) is 11.4 Å². The van der Waals surface area contributed by atoms with E-state index in [2.05, 4.69) is 25.4 Å². The first-order valence-corrected chi connectivity index (χ1v) is 13.2. The molecule has 2 unspecified atom stereocenters. The monoisotopic (exact) mass is 590 g/mol. The van der Waals surface area contributed by atoms with Crippen LogP contribution < -0.4 is 20.3 Å². The Hall–Kier alpha value is -4.25. The van der Waals surface area contributed by atoms with Gasteiger partial charge in [-0.05, 0) is 44.1 Å². The number of fused-ring (bicyclic) bond motifs is 2. The maximum absolute atomic E-state index is 13.7. The second kappa shape index (κ2) is 14.1. The Morgan fingerprint density at radius 2 is 1.71 bits per heavy atom. The van der Waals surface area contributed by atoms with Crippen molar-refractivity contribution in [1.82, 2.24) is 30.0 Å². The molecular formula is C26H31FN6O9. The summed E-state index contributed by atoms with van der Waals surface area (Å²) in [5.41, 5.74) is 1.78. The molecule has 5 N–H and O–H groups in total. The maximum Gasteiger partial charge on any atom is 0.335 e. The molecule has 15 nitrogen and oxygen atoms in total. The zero-order valence-electron chi connectivity index (χ0n) is 22.4. The first-order chi connectivity index (χ1) is 20.1.